The predicted molar refractivity (Wildman–Crippen MR) is 121 cm³/mol. The highest BCUT2D eigenvalue weighted by Crippen LogP contribution is 2.36. The van der Waals surface area contributed by atoms with Crippen LogP contribution in [-0.2, 0) is 16.4 Å². The largest absolute Gasteiger partial charge is 0.331 e. The maximum absolute atomic E-state index is 15.5. The van der Waals surface area contributed by atoms with Gasteiger partial charge in [-0.1, -0.05) is 24.3 Å². The molecule has 6 nitrogen and oxygen atoms in total. The second-order valence-corrected chi connectivity index (χ2v) is 10.7. The van der Waals surface area contributed by atoms with Crippen LogP contribution in [-0.4, -0.2) is 68.6 Å². The minimum atomic E-state index is -4.06. The molecule has 2 amide bonds. The first-order valence-corrected chi connectivity index (χ1v) is 12.3. The topological polar surface area (TPSA) is 69.7 Å². The number of rotatable bonds is 6. The Hall–Kier alpha value is -2.66. The van der Waals surface area contributed by atoms with Crippen LogP contribution < -0.4 is 4.72 Å². The van der Waals surface area contributed by atoms with E-state index >= 15 is 4.39 Å². The molecule has 0 saturated carbocycles. The number of carbonyl (C=O) groups excluding carboxylic acids is 1. The van der Waals surface area contributed by atoms with E-state index in [9.17, 15) is 26.4 Å². The molecule has 0 unspecified atom stereocenters. The number of hydrogen-bond acceptors (Lipinski definition) is 3. The number of carbonyl (C=O) groups is 1. The number of hydrogen-bond donors (Lipinski definition) is 1. The molecule has 34 heavy (non-hydrogen) atoms. The van der Waals surface area contributed by atoms with Crippen molar-refractivity contribution in [3.8, 4) is 11.1 Å². The van der Waals surface area contributed by atoms with E-state index in [1.165, 1.54) is 51.4 Å². The molecule has 3 rings (SSSR count). The van der Waals surface area contributed by atoms with Gasteiger partial charge in [-0.05, 0) is 49.1 Å². The van der Waals surface area contributed by atoms with Crippen molar-refractivity contribution in [3.63, 3.8) is 0 Å². The molecule has 1 aliphatic heterocycles. The highest BCUT2D eigenvalue weighted by atomic mass is 32.2. The van der Waals surface area contributed by atoms with E-state index in [1.54, 1.807) is 13.0 Å². The fraction of sp³-hybridized carbons (Fsp3) is 0.435. The van der Waals surface area contributed by atoms with Crippen LogP contribution in [0.4, 0.5) is 22.4 Å². The molecule has 1 fully saturated rings. The van der Waals surface area contributed by atoms with E-state index in [2.05, 4.69) is 0 Å². The minimum absolute atomic E-state index is 0.000586. The van der Waals surface area contributed by atoms with Crippen molar-refractivity contribution in [2.24, 2.45) is 0 Å². The summed E-state index contributed by atoms with van der Waals surface area (Å²) in [4.78, 5) is 14.6. The van der Waals surface area contributed by atoms with Gasteiger partial charge in [-0.3, -0.25) is 0 Å². The van der Waals surface area contributed by atoms with Gasteiger partial charge in [0.25, 0.3) is 5.92 Å². The molecule has 1 N–H and O–H groups in total. The monoisotopic (exact) mass is 501 g/mol. The molecule has 186 valence electrons. The van der Waals surface area contributed by atoms with E-state index in [4.69, 9.17) is 0 Å². The second kappa shape index (κ2) is 9.53. The lowest BCUT2D eigenvalue weighted by molar-refractivity contribution is -0.00498. The normalized spacial score (nSPS) is 19.9. The predicted octanol–water partition coefficient (Wildman–Crippen LogP) is 3.79. The second-order valence-electron chi connectivity index (χ2n) is 8.63. The zero-order valence-electron chi connectivity index (χ0n) is 19.3. The third-order valence-corrected chi connectivity index (χ3v) is 7.17. The highest BCUT2D eigenvalue weighted by molar-refractivity contribution is 7.89. The zero-order chi connectivity index (χ0) is 25.4. The Morgan fingerprint density at radius 3 is 2.47 bits per heavy atom. The number of alkyl halides is 2. The smallest absolute Gasteiger partial charge is 0.320 e. The highest BCUT2D eigenvalue weighted by Gasteiger charge is 2.57. The van der Waals surface area contributed by atoms with Crippen LogP contribution in [0.1, 0.15) is 18.1 Å². The van der Waals surface area contributed by atoms with Crippen LogP contribution in [0.3, 0.4) is 0 Å². The van der Waals surface area contributed by atoms with Gasteiger partial charge in [0.2, 0.25) is 10.0 Å². The Morgan fingerprint density at radius 2 is 1.88 bits per heavy atom. The Morgan fingerprint density at radius 1 is 1.21 bits per heavy atom. The molecule has 0 radical (unpaired) electrons. The van der Waals surface area contributed by atoms with Crippen molar-refractivity contribution in [2.45, 2.75) is 38.3 Å². The molecule has 1 heterocycles. The summed E-state index contributed by atoms with van der Waals surface area (Å²) in [7, 11) is -1.29. The van der Waals surface area contributed by atoms with Crippen LogP contribution in [0.2, 0.25) is 0 Å². The maximum atomic E-state index is 15.5. The van der Waals surface area contributed by atoms with E-state index < -0.39 is 58.0 Å². The van der Waals surface area contributed by atoms with Gasteiger partial charge in [-0.2, -0.15) is 0 Å². The number of benzene rings is 2. The molecule has 2 aromatic carbocycles. The fourth-order valence-corrected chi connectivity index (χ4v) is 5.00. The number of aryl methyl sites for hydroxylation is 1. The third kappa shape index (κ3) is 5.35. The summed E-state index contributed by atoms with van der Waals surface area (Å²) < 4.78 is 85.7. The zero-order valence-corrected chi connectivity index (χ0v) is 20.1. The number of urea groups is 1. The summed E-state index contributed by atoms with van der Waals surface area (Å²) in [6.07, 6.45) is -0.375. The summed E-state index contributed by atoms with van der Waals surface area (Å²) in [6, 6.07) is 4.33. The standard InChI is InChI=1S/C23H27F4N3O3S/c1-5-34(32,33)28-21-19(30(13-23(21,26)27)22(31)29(3)4)12-15-7-6-8-18(20(15)25)16-9-14(2)10-17(24)11-16/h6-11,19,21,28H,5,12-13H2,1-4H3/t19-,21+/m0/s1. The van der Waals surface area contributed by atoms with E-state index in [-0.39, 0.29) is 23.1 Å². The van der Waals surface area contributed by atoms with E-state index in [0.717, 1.165) is 9.80 Å². The van der Waals surface area contributed by atoms with Crippen molar-refractivity contribution in [1.29, 1.82) is 0 Å². The summed E-state index contributed by atoms with van der Waals surface area (Å²) in [6.45, 7) is 1.94. The molecule has 0 spiro atoms. The van der Waals surface area contributed by atoms with Crippen LogP contribution in [0.15, 0.2) is 36.4 Å². The average molecular weight is 502 g/mol. The first kappa shape index (κ1) is 26.0. The van der Waals surface area contributed by atoms with Crippen molar-refractivity contribution in [1.82, 2.24) is 14.5 Å². The Labute approximate surface area is 196 Å². The lowest BCUT2D eigenvalue weighted by Crippen LogP contribution is -2.53. The average Bonchev–Trinajstić information content (AvgIpc) is 2.97. The Kier molecular flexibility index (Phi) is 7.28. The van der Waals surface area contributed by atoms with Gasteiger partial charge in [-0.25, -0.2) is 35.5 Å². The molecule has 0 aromatic heterocycles. The molecule has 0 aliphatic carbocycles. The van der Waals surface area contributed by atoms with Gasteiger partial charge >= 0.3 is 6.03 Å². The fourth-order valence-electron chi connectivity index (χ4n) is 4.12. The summed E-state index contributed by atoms with van der Waals surface area (Å²) in [5.41, 5.74) is 0.922. The lowest BCUT2D eigenvalue weighted by Gasteiger charge is -2.30. The van der Waals surface area contributed by atoms with Crippen LogP contribution in [0, 0.1) is 18.6 Å². The van der Waals surface area contributed by atoms with Crippen LogP contribution in [0.25, 0.3) is 11.1 Å². The number of likely N-dealkylation sites (tertiary alicyclic amines) is 1. The van der Waals surface area contributed by atoms with Gasteiger partial charge in [0.05, 0.1) is 18.3 Å². The van der Waals surface area contributed by atoms with Crippen LogP contribution in [0.5, 0.6) is 0 Å². The third-order valence-electron chi connectivity index (χ3n) is 5.80. The van der Waals surface area contributed by atoms with E-state index in [1.807, 2.05) is 4.72 Å². The van der Waals surface area contributed by atoms with E-state index in [0.29, 0.717) is 5.56 Å². The maximum Gasteiger partial charge on any atom is 0.320 e. The summed E-state index contributed by atoms with van der Waals surface area (Å²) in [5, 5.41) is 0. The summed E-state index contributed by atoms with van der Waals surface area (Å²) in [5.74, 6) is -5.31. The Balaban J connectivity index is 2.06. The molecule has 2 aromatic rings. The number of sulfonamides is 1. The van der Waals surface area contributed by atoms with Crippen molar-refractivity contribution >= 4 is 16.1 Å². The van der Waals surface area contributed by atoms with Crippen molar-refractivity contribution < 1.29 is 30.8 Å². The number of nitrogens with one attached hydrogen (secondary N) is 1. The first-order chi connectivity index (χ1) is 15.8. The number of amides is 2. The molecule has 2 atom stereocenters. The van der Waals surface area contributed by atoms with Crippen molar-refractivity contribution in [3.05, 3.63) is 59.2 Å². The van der Waals surface area contributed by atoms with Gasteiger partial charge < -0.3 is 9.80 Å². The SMILES string of the molecule is CCS(=O)(=O)N[C@@H]1[C@H](Cc2cccc(-c3cc(C)cc(F)c3)c2F)N(C(=O)N(C)C)CC1(F)F. The van der Waals surface area contributed by atoms with Gasteiger partial charge in [0.15, 0.2) is 0 Å². The lowest BCUT2D eigenvalue weighted by atomic mass is 9.95. The molecule has 11 heteroatoms. The Bertz CT molecular complexity index is 1170. The number of halogens is 4. The quantitative estimate of drug-likeness (QED) is 0.613. The number of nitrogens with zero attached hydrogens (tertiary/aromatic N) is 2. The molecule has 0 bridgehead atoms. The molecule has 1 saturated heterocycles. The summed E-state index contributed by atoms with van der Waals surface area (Å²) >= 11 is 0. The molecular weight excluding hydrogens is 474 g/mol. The molecule has 1 aliphatic rings. The minimum Gasteiger partial charge on any atom is -0.331 e. The van der Waals surface area contributed by atoms with Crippen molar-refractivity contribution in [2.75, 3.05) is 26.4 Å². The van der Waals surface area contributed by atoms with Gasteiger partial charge in [-0.15, -0.1) is 0 Å². The van der Waals surface area contributed by atoms with Gasteiger partial charge in [0, 0.05) is 19.7 Å². The molecular formula is C23H27F4N3O3S. The van der Waals surface area contributed by atoms with Crippen LogP contribution >= 0.6 is 0 Å². The van der Waals surface area contributed by atoms with Gasteiger partial charge in [0.1, 0.15) is 17.7 Å². The first-order valence-electron chi connectivity index (χ1n) is 10.7.